The maximum absolute atomic E-state index is 12.2. The van der Waals surface area contributed by atoms with Crippen LogP contribution in [0.25, 0.3) is 11.1 Å². The van der Waals surface area contributed by atoms with Crippen molar-refractivity contribution in [2.45, 2.75) is 71.0 Å². The van der Waals surface area contributed by atoms with Gasteiger partial charge in [0.25, 0.3) is 0 Å². The molecule has 0 spiro atoms. The Balaban J connectivity index is 0.00000225. The monoisotopic (exact) mass is 601 g/mol. The van der Waals surface area contributed by atoms with Crippen LogP contribution in [-0.2, 0) is 16.0 Å². The van der Waals surface area contributed by atoms with Crippen LogP contribution in [0.2, 0.25) is 0 Å². The number of carboxylic acid groups (broad SMARTS) is 1. The van der Waals surface area contributed by atoms with Crippen molar-refractivity contribution < 1.29 is 45.8 Å². The second kappa shape index (κ2) is 8.74. The molecule has 0 saturated heterocycles. The molecule has 0 radical (unpaired) electrons. The van der Waals surface area contributed by atoms with Crippen LogP contribution in [0.15, 0.2) is 24.3 Å². The van der Waals surface area contributed by atoms with E-state index >= 15 is 0 Å². The molecule has 4 heteroatoms. The second-order valence-electron chi connectivity index (χ2n) is 8.00. The molecule has 1 atom stereocenters. The van der Waals surface area contributed by atoms with Gasteiger partial charge < -0.3 is 9.84 Å². The summed E-state index contributed by atoms with van der Waals surface area (Å²) in [7, 11) is 0. The quantitative estimate of drug-likeness (QED) is 0.426. The first-order valence-corrected chi connectivity index (χ1v) is 10.0. The number of aryl methyl sites for hydroxylation is 3. The van der Waals surface area contributed by atoms with Crippen molar-refractivity contribution in [1.29, 1.82) is 0 Å². The number of aliphatic carboxylic acids is 1. The van der Waals surface area contributed by atoms with Crippen molar-refractivity contribution >= 4 is 5.97 Å². The molecule has 0 aromatic heterocycles. The van der Waals surface area contributed by atoms with Gasteiger partial charge in [-0.15, -0.1) is 5.56 Å². The summed E-state index contributed by atoms with van der Waals surface area (Å²) in [5.74, 6) is -0.362. The van der Waals surface area contributed by atoms with Gasteiger partial charge in [0.2, 0.25) is 0 Å². The Bertz CT molecular complexity index is 882. The van der Waals surface area contributed by atoms with Crippen LogP contribution in [0.4, 0.5) is 0 Å². The fourth-order valence-corrected chi connectivity index (χ4v) is 4.09. The van der Waals surface area contributed by atoms with Gasteiger partial charge in [-0.2, -0.15) is 29.8 Å². The Morgan fingerprint density at radius 3 is 2.50 bits per heavy atom. The third kappa shape index (κ3) is 4.40. The van der Waals surface area contributed by atoms with Crippen molar-refractivity contribution in [3.63, 3.8) is 0 Å². The molecule has 1 N–H and O–H groups in total. The second-order valence-corrected chi connectivity index (χ2v) is 8.00. The van der Waals surface area contributed by atoms with Gasteiger partial charge in [0.1, 0.15) is 0 Å². The first kappa shape index (κ1) is 21.6. The van der Waals surface area contributed by atoms with Gasteiger partial charge >= 0.3 is 5.97 Å². The molecule has 1 unspecified atom stereocenters. The summed E-state index contributed by atoms with van der Waals surface area (Å²) >= 11 is 0. The average Bonchev–Trinajstić information content (AvgIpc) is 3.53. The molecule has 2 aromatic rings. The van der Waals surface area contributed by atoms with Crippen molar-refractivity contribution in [2.75, 3.05) is 0 Å². The number of rotatable bonds is 7. The first-order valence-electron chi connectivity index (χ1n) is 10.0. The SMILES string of the molecule is CCc1[c-]ccc(-c2c(C3CC3)c(C)cc(C)c2C(OC2CC2)C(=O)O)c1.[U]. The molecule has 0 amide bonds. The van der Waals surface area contributed by atoms with Gasteiger partial charge in [-0.1, -0.05) is 19.4 Å². The molecule has 4 rings (SSSR count). The fraction of sp³-hybridized carbons (Fsp3) is 0.458. The number of carboxylic acids is 1. The zero-order chi connectivity index (χ0) is 19.1. The van der Waals surface area contributed by atoms with Crippen LogP contribution in [0, 0.1) is 51.0 Å². The molecule has 28 heavy (non-hydrogen) atoms. The third-order valence-corrected chi connectivity index (χ3v) is 5.68. The number of hydrogen-bond acceptors (Lipinski definition) is 2. The Morgan fingerprint density at radius 2 is 1.93 bits per heavy atom. The minimum Gasteiger partial charge on any atom is -0.479 e. The average molecular weight is 602 g/mol. The molecule has 0 aliphatic heterocycles. The fourth-order valence-electron chi connectivity index (χ4n) is 4.09. The summed E-state index contributed by atoms with van der Waals surface area (Å²) in [5.41, 5.74) is 7.76. The van der Waals surface area contributed by atoms with Crippen LogP contribution >= 0.6 is 0 Å². The number of hydrogen-bond donors (Lipinski definition) is 1. The number of carbonyl (C=O) groups is 1. The Labute approximate surface area is 191 Å². The van der Waals surface area contributed by atoms with E-state index in [1.54, 1.807) is 0 Å². The van der Waals surface area contributed by atoms with Crippen molar-refractivity contribution in [1.82, 2.24) is 0 Å². The van der Waals surface area contributed by atoms with E-state index < -0.39 is 12.1 Å². The van der Waals surface area contributed by atoms with Crippen LogP contribution in [0.5, 0.6) is 0 Å². The minimum atomic E-state index is -0.903. The normalized spacial score (nSPS) is 17.1. The molecule has 0 bridgehead atoms. The number of benzene rings is 2. The molecule has 2 aromatic carbocycles. The van der Waals surface area contributed by atoms with Crippen LogP contribution < -0.4 is 0 Å². The summed E-state index contributed by atoms with van der Waals surface area (Å²) in [6.45, 7) is 6.29. The standard InChI is InChI=1S/C24H27O3.U/c1-4-16-6-5-7-18(13-16)22-20(17-8-9-17)14(2)12-15(3)21(22)23(24(25)26)27-19-10-11-19;/h5,7,12-13,17,19,23H,4,8-11H2,1-3H3,(H,25,26);/q-1;. The van der Waals surface area contributed by atoms with E-state index in [0.717, 1.165) is 47.1 Å². The smallest absolute Gasteiger partial charge is 0.337 e. The first-order chi connectivity index (χ1) is 13.0. The van der Waals surface area contributed by atoms with Crippen molar-refractivity contribution in [2.24, 2.45) is 0 Å². The molecule has 2 fully saturated rings. The molecule has 146 valence electrons. The van der Waals surface area contributed by atoms with Crippen LogP contribution in [0.1, 0.15) is 72.4 Å². The zero-order valence-corrected chi connectivity index (χ0v) is 21.0. The predicted octanol–water partition coefficient (Wildman–Crippen LogP) is 5.52. The molecular weight excluding hydrogens is 574 g/mol. The van der Waals surface area contributed by atoms with E-state index in [0.29, 0.717) is 5.92 Å². The summed E-state index contributed by atoms with van der Waals surface area (Å²) in [6.07, 6.45) is 4.36. The zero-order valence-electron chi connectivity index (χ0n) is 16.8. The maximum atomic E-state index is 12.2. The van der Waals surface area contributed by atoms with Gasteiger partial charge in [-0.25, -0.2) is 4.79 Å². The van der Waals surface area contributed by atoms with Crippen molar-refractivity contribution in [3.8, 4) is 11.1 Å². The summed E-state index contributed by atoms with van der Waals surface area (Å²) in [5, 5.41) is 9.98. The van der Waals surface area contributed by atoms with E-state index in [2.05, 4.69) is 38.1 Å². The van der Waals surface area contributed by atoms with Crippen LogP contribution in [-0.4, -0.2) is 17.2 Å². The molecule has 2 aliphatic carbocycles. The summed E-state index contributed by atoms with van der Waals surface area (Å²) < 4.78 is 6.00. The van der Waals surface area contributed by atoms with Gasteiger partial charge in [-0.3, -0.25) is 0 Å². The van der Waals surface area contributed by atoms with Crippen LogP contribution in [0.3, 0.4) is 0 Å². The van der Waals surface area contributed by atoms with Gasteiger partial charge in [-0.05, 0) is 67.7 Å². The molecule has 3 nitrogen and oxygen atoms in total. The molecule has 0 heterocycles. The van der Waals surface area contributed by atoms with Gasteiger partial charge in [0.05, 0.1) is 6.10 Å². The van der Waals surface area contributed by atoms with Crippen molar-refractivity contribution in [3.05, 3.63) is 58.1 Å². The Kier molecular flexibility index (Phi) is 6.75. The largest absolute Gasteiger partial charge is 0.479 e. The minimum absolute atomic E-state index is 0. The Hall–Kier alpha value is -1.08. The third-order valence-electron chi connectivity index (χ3n) is 5.68. The summed E-state index contributed by atoms with van der Waals surface area (Å²) in [6, 6.07) is 11.6. The number of ether oxygens (including phenoxy) is 1. The molecule has 2 aliphatic rings. The predicted molar refractivity (Wildman–Crippen MR) is 106 cm³/mol. The van der Waals surface area contributed by atoms with E-state index in [-0.39, 0.29) is 37.2 Å². The molecular formula is C24H27O3U-. The van der Waals surface area contributed by atoms with E-state index in [4.69, 9.17) is 4.74 Å². The van der Waals surface area contributed by atoms with Gasteiger partial charge in [0.15, 0.2) is 6.10 Å². The molecule has 2 saturated carbocycles. The topological polar surface area (TPSA) is 46.5 Å². The Morgan fingerprint density at radius 1 is 1.21 bits per heavy atom. The van der Waals surface area contributed by atoms with E-state index in [9.17, 15) is 9.90 Å². The maximum Gasteiger partial charge on any atom is 0.337 e. The van der Waals surface area contributed by atoms with E-state index in [1.807, 2.05) is 13.0 Å². The van der Waals surface area contributed by atoms with E-state index in [1.165, 1.54) is 24.0 Å². The van der Waals surface area contributed by atoms with Gasteiger partial charge in [0, 0.05) is 36.7 Å². The summed E-state index contributed by atoms with van der Waals surface area (Å²) in [4.78, 5) is 12.2.